The molecule has 4 aromatic rings. The van der Waals surface area contributed by atoms with E-state index in [0.717, 1.165) is 4.68 Å². The highest BCUT2D eigenvalue weighted by Crippen LogP contribution is 2.13. The van der Waals surface area contributed by atoms with E-state index in [4.69, 9.17) is 4.74 Å². The first-order valence-electron chi connectivity index (χ1n) is 10.3. The molecule has 0 aliphatic rings. The van der Waals surface area contributed by atoms with Crippen molar-refractivity contribution in [3.63, 3.8) is 0 Å². The minimum atomic E-state index is -0.908. The molecule has 2 heterocycles. The molecule has 34 heavy (non-hydrogen) atoms. The molecule has 0 saturated heterocycles. The first-order valence-corrected chi connectivity index (χ1v) is 10.3. The van der Waals surface area contributed by atoms with E-state index in [1.54, 1.807) is 55.1 Å². The van der Waals surface area contributed by atoms with E-state index in [2.05, 4.69) is 10.4 Å². The second-order valence-corrected chi connectivity index (χ2v) is 7.52. The lowest BCUT2D eigenvalue weighted by Crippen LogP contribution is -2.33. The summed E-state index contributed by atoms with van der Waals surface area (Å²) in [5, 5.41) is 5.16. The zero-order valence-corrected chi connectivity index (χ0v) is 18.4. The van der Waals surface area contributed by atoms with Crippen LogP contribution in [0.5, 0.6) is 0 Å². The quantitative estimate of drug-likeness (QED) is 0.403. The molecule has 0 unspecified atom stereocenters. The van der Waals surface area contributed by atoms with E-state index in [1.807, 2.05) is 6.07 Å². The van der Waals surface area contributed by atoms with Gasteiger partial charge in [0.2, 0.25) is 0 Å². The standard InChI is InChI=1S/C23H21N5O6/c1-14-20(23(33)28(26(14)2)15-8-4-3-5-9-15)24-18(29)13-34-19(30)12-27-22(32)17-11-7-6-10-16(17)21(31)25-27/h3-11H,12-13H2,1-2H3,(H,24,29)(H,25,31). The van der Waals surface area contributed by atoms with Gasteiger partial charge in [-0.2, -0.15) is 0 Å². The number of carbonyl (C=O) groups excluding carboxylic acids is 2. The van der Waals surface area contributed by atoms with Gasteiger partial charge in [0.05, 0.1) is 22.2 Å². The van der Waals surface area contributed by atoms with E-state index in [9.17, 15) is 24.0 Å². The van der Waals surface area contributed by atoms with Crippen molar-refractivity contribution in [1.82, 2.24) is 19.1 Å². The SMILES string of the molecule is Cc1c(NC(=O)COC(=O)Cn2[nH]c(=O)c3ccccc3c2=O)c(=O)n(-c2ccccc2)n1C. The summed E-state index contributed by atoms with van der Waals surface area (Å²) in [7, 11) is 1.68. The summed E-state index contributed by atoms with van der Waals surface area (Å²) < 4.78 is 8.77. The minimum absolute atomic E-state index is 0.0579. The number of anilines is 1. The van der Waals surface area contributed by atoms with Crippen LogP contribution in [0.15, 0.2) is 69.0 Å². The van der Waals surface area contributed by atoms with Crippen LogP contribution in [-0.4, -0.2) is 37.6 Å². The van der Waals surface area contributed by atoms with E-state index >= 15 is 0 Å². The number of fused-ring (bicyclic) bond motifs is 1. The largest absolute Gasteiger partial charge is 0.454 e. The third-order valence-electron chi connectivity index (χ3n) is 5.35. The van der Waals surface area contributed by atoms with Gasteiger partial charge in [-0.25, -0.2) is 9.36 Å². The number of aromatic amines is 1. The lowest BCUT2D eigenvalue weighted by molar-refractivity contribution is -0.148. The number of para-hydroxylation sites is 1. The molecule has 0 aliphatic carbocycles. The van der Waals surface area contributed by atoms with Crippen LogP contribution in [-0.2, 0) is 27.9 Å². The molecule has 0 aliphatic heterocycles. The number of amides is 1. The van der Waals surface area contributed by atoms with Gasteiger partial charge in [-0.3, -0.25) is 33.8 Å². The van der Waals surface area contributed by atoms with Crippen LogP contribution < -0.4 is 22.0 Å². The molecule has 11 heteroatoms. The van der Waals surface area contributed by atoms with Gasteiger partial charge in [0.1, 0.15) is 12.2 Å². The van der Waals surface area contributed by atoms with Crippen LogP contribution in [0.25, 0.3) is 16.5 Å². The summed E-state index contributed by atoms with van der Waals surface area (Å²) in [6.07, 6.45) is 0. The highest BCUT2D eigenvalue weighted by atomic mass is 16.5. The van der Waals surface area contributed by atoms with Crippen molar-refractivity contribution < 1.29 is 14.3 Å². The predicted molar refractivity (Wildman–Crippen MR) is 124 cm³/mol. The average Bonchev–Trinajstić information content (AvgIpc) is 3.04. The molecule has 0 atom stereocenters. The lowest BCUT2D eigenvalue weighted by Gasteiger charge is -2.08. The Labute approximate surface area is 191 Å². The summed E-state index contributed by atoms with van der Waals surface area (Å²) in [4.78, 5) is 62.0. The number of hydrogen-bond donors (Lipinski definition) is 2. The van der Waals surface area contributed by atoms with E-state index in [1.165, 1.54) is 16.8 Å². The van der Waals surface area contributed by atoms with Gasteiger partial charge in [-0.05, 0) is 31.2 Å². The van der Waals surface area contributed by atoms with Crippen molar-refractivity contribution in [2.24, 2.45) is 7.05 Å². The number of benzene rings is 2. The van der Waals surface area contributed by atoms with E-state index < -0.39 is 41.7 Å². The van der Waals surface area contributed by atoms with Gasteiger partial charge in [0.15, 0.2) is 6.61 Å². The van der Waals surface area contributed by atoms with Gasteiger partial charge in [0, 0.05) is 7.05 Å². The maximum Gasteiger partial charge on any atom is 0.328 e. The van der Waals surface area contributed by atoms with Crippen molar-refractivity contribution in [1.29, 1.82) is 0 Å². The highest BCUT2D eigenvalue weighted by Gasteiger charge is 2.19. The van der Waals surface area contributed by atoms with Crippen LogP contribution in [0.3, 0.4) is 0 Å². The van der Waals surface area contributed by atoms with Gasteiger partial charge < -0.3 is 10.1 Å². The number of carbonyl (C=O) groups is 2. The Balaban J connectivity index is 1.44. The number of nitrogens with zero attached hydrogens (tertiary/aromatic N) is 3. The van der Waals surface area contributed by atoms with Crippen LogP contribution in [0, 0.1) is 6.92 Å². The Hall–Kier alpha value is -4.67. The number of nitrogens with one attached hydrogen (secondary N) is 2. The second-order valence-electron chi connectivity index (χ2n) is 7.52. The van der Waals surface area contributed by atoms with Crippen LogP contribution >= 0.6 is 0 Å². The molecule has 4 rings (SSSR count). The molecule has 174 valence electrons. The van der Waals surface area contributed by atoms with Gasteiger partial charge in [0.25, 0.3) is 22.6 Å². The molecule has 0 saturated carbocycles. The smallest absolute Gasteiger partial charge is 0.328 e. The van der Waals surface area contributed by atoms with Crippen molar-refractivity contribution in [3.05, 3.63) is 91.4 Å². The Bertz CT molecular complexity index is 1580. The predicted octanol–water partition coefficient (Wildman–Crippen LogP) is 0.670. The van der Waals surface area contributed by atoms with Crippen molar-refractivity contribution >= 4 is 28.3 Å². The summed E-state index contributed by atoms with van der Waals surface area (Å²) in [5.41, 5.74) is -0.352. The molecule has 0 fully saturated rings. The zero-order valence-electron chi connectivity index (χ0n) is 18.4. The summed E-state index contributed by atoms with van der Waals surface area (Å²) in [5.74, 6) is -1.63. The van der Waals surface area contributed by atoms with Crippen LogP contribution in [0.4, 0.5) is 5.69 Å². The maximum absolute atomic E-state index is 12.9. The lowest BCUT2D eigenvalue weighted by atomic mass is 10.2. The molecular formula is C23H21N5O6. The fraction of sp³-hybridized carbons (Fsp3) is 0.174. The number of aromatic nitrogens is 4. The van der Waals surface area contributed by atoms with Gasteiger partial charge >= 0.3 is 5.97 Å². The summed E-state index contributed by atoms with van der Waals surface area (Å²) >= 11 is 0. The topological polar surface area (TPSA) is 137 Å². The monoisotopic (exact) mass is 463 g/mol. The van der Waals surface area contributed by atoms with Crippen LogP contribution in [0.1, 0.15) is 5.69 Å². The van der Waals surface area contributed by atoms with Crippen LogP contribution in [0.2, 0.25) is 0 Å². The normalized spacial score (nSPS) is 10.9. The number of ether oxygens (including phenoxy) is 1. The number of H-pyrrole nitrogens is 1. The third-order valence-corrected chi connectivity index (χ3v) is 5.35. The molecule has 2 N–H and O–H groups in total. The Morgan fingerprint density at radius 2 is 1.59 bits per heavy atom. The molecule has 0 bridgehead atoms. The van der Waals surface area contributed by atoms with Gasteiger partial charge in [-0.15, -0.1) is 0 Å². The number of hydrogen-bond acceptors (Lipinski definition) is 6. The highest BCUT2D eigenvalue weighted by molar-refractivity contribution is 5.93. The molecule has 1 amide bonds. The molecular weight excluding hydrogens is 442 g/mol. The summed E-state index contributed by atoms with van der Waals surface area (Å²) in [6, 6.07) is 15.1. The average molecular weight is 463 g/mol. The first kappa shape index (κ1) is 22.5. The molecule has 11 nitrogen and oxygen atoms in total. The Morgan fingerprint density at radius 1 is 0.941 bits per heavy atom. The zero-order chi connectivity index (χ0) is 24.4. The van der Waals surface area contributed by atoms with Gasteiger partial charge in [-0.1, -0.05) is 30.3 Å². The van der Waals surface area contributed by atoms with Crippen molar-refractivity contribution in [2.45, 2.75) is 13.5 Å². The van der Waals surface area contributed by atoms with Crippen molar-refractivity contribution in [3.8, 4) is 5.69 Å². The molecule has 2 aromatic carbocycles. The third kappa shape index (κ3) is 4.18. The maximum atomic E-state index is 12.9. The summed E-state index contributed by atoms with van der Waals surface area (Å²) in [6.45, 7) is 0.410. The molecule has 2 aromatic heterocycles. The molecule has 0 radical (unpaired) electrons. The number of esters is 1. The van der Waals surface area contributed by atoms with E-state index in [-0.39, 0.29) is 16.5 Å². The fourth-order valence-corrected chi connectivity index (χ4v) is 3.57. The number of rotatable bonds is 6. The van der Waals surface area contributed by atoms with Crippen molar-refractivity contribution in [2.75, 3.05) is 11.9 Å². The Kier molecular flexibility index (Phi) is 6.00. The molecule has 0 spiro atoms. The van der Waals surface area contributed by atoms with E-state index in [0.29, 0.717) is 11.4 Å². The first-order chi connectivity index (χ1) is 16.3. The second kappa shape index (κ2) is 9.06. The fourth-order valence-electron chi connectivity index (χ4n) is 3.57. The Morgan fingerprint density at radius 3 is 2.29 bits per heavy atom. The minimum Gasteiger partial charge on any atom is -0.454 e.